The average Bonchev–Trinajstić information content (AvgIpc) is 3.32. The molecule has 0 saturated carbocycles. The van der Waals surface area contributed by atoms with Crippen molar-refractivity contribution in [2.75, 3.05) is 16.4 Å². The summed E-state index contributed by atoms with van der Waals surface area (Å²) in [6, 6.07) is 5.88. The van der Waals surface area contributed by atoms with Gasteiger partial charge in [0.25, 0.3) is 0 Å². The second kappa shape index (κ2) is 9.66. The molecular weight excluding hydrogens is 408 g/mol. The summed E-state index contributed by atoms with van der Waals surface area (Å²) in [5, 5.41) is 16.9. The Morgan fingerprint density at radius 3 is 2.69 bits per heavy atom. The highest BCUT2D eigenvalue weighted by Gasteiger charge is 2.16. The van der Waals surface area contributed by atoms with Gasteiger partial charge < -0.3 is 15.2 Å². The molecule has 0 atom stereocenters. The Bertz CT molecular complexity index is 1000. The number of thiazole rings is 1. The molecule has 3 rings (SSSR count). The van der Waals surface area contributed by atoms with E-state index in [1.165, 1.54) is 23.1 Å². The smallest absolute Gasteiger partial charge is 0.236 e. The van der Waals surface area contributed by atoms with E-state index < -0.39 is 0 Å². The molecule has 0 radical (unpaired) electrons. The Kier molecular flexibility index (Phi) is 6.99. The third-order valence-corrected chi connectivity index (χ3v) is 5.75. The average molecular weight is 431 g/mol. The lowest BCUT2D eigenvalue weighted by Crippen LogP contribution is -2.18. The highest BCUT2D eigenvalue weighted by molar-refractivity contribution is 7.99. The molecule has 2 aromatic heterocycles. The number of anilines is 2. The van der Waals surface area contributed by atoms with Gasteiger partial charge in [0.2, 0.25) is 11.8 Å². The lowest BCUT2D eigenvalue weighted by molar-refractivity contribution is -0.116. The quantitative estimate of drug-likeness (QED) is 0.532. The number of nitrogens with one attached hydrogen (secondary N) is 2. The second-order valence-electron chi connectivity index (χ2n) is 6.36. The number of carbonyl (C=O) groups excluding carboxylic acids is 2. The minimum atomic E-state index is -0.162. The number of hydrogen-bond donors (Lipinski definition) is 2. The number of aryl methyl sites for hydroxylation is 2. The molecule has 1 aromatic carbocycles. The molecule has 152 valence electrons. The summed E-state index contributed by atoms with van der Waals surface area (Å²) in [5.74, 6) is 0.436. The summed E-state index contributed by atoms with van der Waals surface area (Å²) < 4.78 is 1.85. The van der Waals surface area contributed by atoms with Crippen molar-refractivity contribution in [3.8, 4) is 0 Å². The number of rotatable bonds is 8. The van der Waals surface area contributed by atoms with Crippen LogP contribution in [-0.4, -0.2) is 37.3 Å². The largest absolute Gasteiger partial charge is 0.325 e. The van der Waals surface area contributed by atoms with Crippen molar-refractivity contribution in [1.29, 1.82) is 0 Å². The molecule has 0 aliphatic rings. The van der Waals surface area contributed by atoms with E-state index in [4.69, 9.17) is 0 Å². The topological polar surface area (TPSA) is 102 Å². The minimum Gasteiger partial charge on any atom is -0.325 e. The van der Waals surface area contributed by atoms with Gasteiger partial charge >= 0.3 is 0 Å². The standard InChI is InChI=1S/C19H22N6O2S2/c1-4-25-15(10-16(26)21-14-6-5-12(2)9-13(14)3)23-24-19(25)29-11-17(27)22-18-20-7-8-28-18/h5-9H,4,10-11H2,1-3H3,(H,21,26)(H,20,22,27). The van der Waals surface area contributed by atoms with Gasteiger partial charge in [-0.05, 0) is 32.4 Å². The van der Waals surface area contributed by atoms with Gasteiger partial charge in [0, 0.05) is 23.8 Å². The Morgan fingerprint density at radius 2 is 2.00 bits per heavy atom. The molecule has 29 heavy (non-hydrogen) atoms. The third-order valence-electron chi connectivity index (χ3n) is 4.10. The molecule has 0 unspecified atom stereocenters. The molecule has 2 N–H and O–H groups in total. The fourth-order valence-corrected chi connectivity index (χ4v) is 4.10. The van der Waals surface area contributed by atoms with Crippen LogP contribution < -0.4 is 10.6 Å². The molecule has 0 saturated heterocycles. The van der Waals surface area contributed by atoms with Crippen LogP contribution in [0.1, 0.15) is 23.9 Å². The number of nitrogens with zero attached hydrogens (tertiary/aromatic N) is 4. The number of hydrogen-bond acceptors (Lipinski definition) is 7. The van der Waals surface area contributed by atoms with Crippen molar-refractivity contribution >= 4 is 45.7 Å². The molecule has 0 aliphatic carbocycles. The van der Waals surface area contributed by atoms with Crippen LogP contribution in [0.25, 0.3) is 0 Å². The molecule has 8 nitrogen and oxygen atoms in total. The van der Waals surface area contributed by atoms with Crippen LogP contribution in [0.2, 0.25) is 0 Å². The first kappa shape index (κ1) is 21.0. The van der Waals surface area contributed by atoms with Gasteiger partial charge in [-0.3, -0.25) is 9.59 Å². The van der Waals surface area contributed by atoms with Gasteiger partial charge in [0.05, 0.1) is 12.2 Å². The Balaban J connectivity index is 1.59. The zero-order valence-corrected chi connectivity index (χ0v) is 18.1. The van der Waals surface area contributed by atoms with E-state index in [1.54, 1.807) is 11.6 Å². The Hall–Kier alpha value is -2.72. The molecule has 10 heteroatoms. The van der Waals surface area contributed by atoms with Crippen LogP contribution in [-0.2, 0) is 22.6 Å². The van der Waals surface area contributed by atoms with Gasteiger partial charge in [0.1, 0.15) is 5.82 Å². The van der Waals surface area contributed by atoms with E-state index in [0.29, 0.717) is 22.7 Å². The first-order valence-corrected chi connectivity index (χ1v) is 10.9. The molecule has 0 aliphatic heterocycles. The maximum atomic E-state index is 12.5. The first-order chi connectivity index (χ1) is 14.0. The van der Waals surface area contributed by atoms with Crippen molar-refractivity contribution in [2.24, 2.45) is 0 Å². The number of amides is 2. The van der Waals surface area contributed by atoms with Gasteiger partial charge in [0.15, 0.2) is 10.3 Å². The molecule has 2 heterocycles. The van der Waals surface area contributed by atoms with Gasteiger partial charge in [-0.1, -0.05) is 29.5 Å². The summed E-state index contributed by atoms with van der Waals surface area (Å²) in [6.07, 6.45) is 1.75. The number of benzene rings is 1. The van der Waals surface area contributed by atoms with Gasteiger partial charge in [-0.25, -0.2) is 4.98 Å². The van der Waals surface area contributed by atoms with Crippen LogP contribution in [0, 0.1) is 13.8 Å². The SMILES string of the molecule is CCn1c(CC(=O)Nc2ccc(C)cc2C)nnc1SCC(=O)Nc1nccs1. The fourth-order valence-electron chi connectivity index (χ4n) is 2.74. The minimum absolute atomic E-state index is 0.111. The van der Waals surface area contributed by atoms with E-state index in [-0.39, 0.29) is 24.0 Å². The lowest BCUT2D eigenvalue weighted by atomic mass is 10.1. The van der Waals surface area contributed by atoms with Crippen molar-refractivity contribution in [3.63, 3.8) is 0 Å². The monoisotopic (exact) mass is 430 g/mol. The zero-order valence-electron chi connectivity index (χ0n) is 16.4. The summed E-state index contributed by atoms with van der Waals surface area (Å²) in [7, 11) is 0. The van der Waals surface area contributed by atoms with E-state index in [2.05, 4.69) is 25.8 Å². The van der Waals surface area contributed by atoms with E-state index in [1.807, 2.05) is 43.5 Å². The van der Waals surface area contributed by atoms with Gasteiger partial charge in [-0.2, -0.15) is 0 Å². The summed E-state index contributed by atoms with van der Waals surface area (Å²) in [4.78, 5) is 28.5. The Morgan fingerprint density at radius 1 is 1.17 bits per heavy atom. The van der Waals surface area contributed by atoms with E-state index in [0.717, 1.165) is 16.8 Å². The summed E-state index contributed by atoms with van der Waals surface area (Å²) >= 11 is 2.64. The Labute approximate surface area is 177 Å². The van der Waals surface area contributed by atoms with Crippen LogP contribution in [0.4, 0.5) is 10.8 Å². The maximum Gasteiger partial charge on any atom is 0.236 e. The molecule has 3 aromatic rings. The maximum absolute atomic E-state index is 12.5. The zero-order chi connectivity index (χ0) is 20.8. The predicted molar refractivity (Wildman–Crippen MR) is 115 cm³/mol. The van der Waals surface area contributed by atoms with E-state index >= 15 is 0 Å². The van der Waals surface area contributed by atoms with Gasteiger partial charge in [-0.15, -0.1) is 21.5 Å². The normalized spacial score (nSPS) is 10.7. The van der Waals surface area contributed by atoms with Crippen LogP contribution in [0.15, 0.2) is 34.9 Å². The molecular formula is C19H22N6O2S2. The lowest BCUT2D eigenvalue weighted by Gasteiger charge is -2.10. The number of thioether (sulfide) groups is 1. The highest BCUT2D eigenvalue weighted by Crippen LogP contribution is 2.20. The molecule has 2 amide bonds. The van der Waals surface area contributed by atoms with Crippen molar-refractivity contribution in [1.82, 2.24) is 19.7 Å². The molecule has 0 bridgehead atoms. The van der Waals surface area contributed by atoms with Crippen molar-refractivity contribution in [3.05, 3.63) is 46.7 Å². The second-order valence-corrected chi connectivity index (χ2v) is 8.20. The fraction of sp³-hybridized carbons (Fsp3) is 0.316. The number of carbonyl (C=O) groups is 2. The third kappa shape index (κ3) is 5.64. The van der Waals surface area contributed by atoms with Crippen molar-refractivity contribution < 1.29 is 9.59 Å². The predicted octanol–water partition coefficient (Wildman–Crippen LogP) is 3.28. The van der Waals surface area contributed by atoms with Crippen LogP contribution >= 0.6 is 23.1 Å². The summed E-state index contributed by atoms with van der Waals surface area (Å²) in [5.41, 5.74) is 2.95. The first-order valence-electron chi connectivity index (χ1n) is 9.07. The molecule has 0 fully saturated rings. The van der Waals surface area contributed by atoms with Crippen LogP contribution in [0.5, 0.6) is 0 Å². The van der Waals surface area contributed by atoms with Crippen LogP contribution in [0.3, 0.4) is 0 Å². The van der Waals surface area contributed by atoms with E-state index in [9.17, 15) is 9.59 Å². The van der Waals surface area contributed by atoms with Crippen molar-refractivity contribution in [2.45, 2.75) is 38.9 Å². The highest BCUT2D eigenvalue weighted by atomic mass is 32.2. The molecule has 0 spiro atoms. The number of aromatic nitrogens is 4. The summed E-state index contributed by atoms with van der Waals surface area (Å²) in [6.45, 7) is 6.53.